The van der Waals surface area contributed by atoms with Crippen LogP contribution in [0.15, 0.2) is 30.4 Å². The van der Waals surface area contributed by atoms with E-state index in [-0.39, 0.29) is 37.6 Å². The predicted molar refractivity (Wildman–Crippen MR) is 190 cm³/mol. The molecule has 298 valence electrons. The van der Waals surface area contributed by atoms with Crippen LogP contribution in [0.3, 0.4) is 0 Å². The lowest BCUT2D eigenvalue weighted by Crippen LogP contribution is -2.55. The summed E-state index contributed by atoms with van der Waals surface area (Å²) in [5, 5.41) is 5.77. The number of allylic oxidation sites excluding steroid dienone is 1. The summed E-state index contributed by atoms with van der Waals surface area (Å²) in [7, 11) is -4.90. The van der Waals surface area contributed by atoms with E-state index in [2.05, 4.69) is 16.0 Å². The number of anilines is 2. The van der Waals surface area contributed by atoms with Gasteiger partial charge in [-0.1, -0.05) is 25.0 Å². The number of hydrogen-bond acceptors (Lipinski definition) is 8. The average molecular weight is 784 g/mol. The van der Waals surface area contributed by atoms with Gasteiger partial charge in [0.05, 0.1) is 23.5 Å². The second-order valence-corrected chi connectivity index (χ2v) is 16.9. The van der Waals surface area contributed by atoms with Gasteiger partial charge in [0.1, 0.15) is 29.6 Å². The summed E-state index contributed by atoms with van der Waals surface area (Å²) in [6.45, 7) is 0.845. The minimum Gasteiger partial charge on any atom is -0.446 e. The molecule has 5 aliphatic rings. The van der Waals surface area contributed by atoms with Crippen molar-refractivity contribution in [3.8, 4) is 0 Å². The normalized spacial score (nSPS) is 28.6. The number of nitrogens with zero attached hydrogens (tertiary/aromatic N) is 2. The summed E-state index contributed by atoms with van der Waals surface area (Å²) in [5.41, 5.74) is -0.688. The summed E-state index contributed by atoms with van der Waals surface area (Å²) >= 11 is 0. The van der Waals surface area contributed by atoms with Crippen LogP contribution in [-0.4, -0.2) is 87.9 Å². The van der Waals surface area contributed by atoms with E-state index < -0.39 is 72.7 Å². The van der Waals surface area contributed by atoms with Crippen molar-refractivity contribution in [1.29, 1.82) is 0 Å². The quantitative estimate of drug-likeness (QED) is 0.175. The number of piperidine rings is 1. The molecule has 4 fully saturated rings. The molecule has 2 aliphatic carbocycles. The Labute approximate surface area is 311 Å². The molecule has 2 saturated heterocycles. The van der Waals surface area contributed by atoms with E-state index in [1.165, 1.54) is 6.07 Å². The van der Waals surface area contributed by atoms with Gasteiger partial charge in [0.15, 0.2) is 0 Å². The molecule has 18 heteroatoms. The van der Waals surface area contributed by atoms with Crippen LogP contribution in [0.5, 0.6) is 0 Å². The van der Waals surface area contributed by atoms with Crippen molar-refractivity contribution in [2.24, 2.45) is 5.92 Å². The van der Waals surface area contributed by atoms with Gasteiger partial charge in [-0.05, 0) is 88.8 Å². The highest BCUT2D eigenvalue weighted by atomic mass is 31.2. The van der Waals surface area contributed by atoms with Gasteiger partial charge in [-0.3, -0.25) is 19.5 Å². The van der Waals surface area contributed by atoms with E-state index in [1.807, 2.05) is 11.0 Å². The molecule has 5 N–H and O–H groups in total. The summed E-state index contributed by atoms with van der Waals surface area (Å²) in [6, 6.07) is 0.613. The molecule has 2 saturated carbocycles. The topological polar surface area (TPSA) is 187 Å². The third-order valence-electron chi connectivity index (χ3n) is 11.1. The standard InChI is InChI=1S/C36H49F3N5O9P/c37-36(38,39)23-15-16-29(43-17-9-4-10-18-43)28(19-23)41-34(48)53-26-20-30-31(45)42-35(54(49,50)51)21-24(35)11-5-2-1-3-6-14-27(32(46)44(30)22-26)40-33(47)52-25-12-7-8-13-25/h5,11,15-16,19,24-27,30H,1-4,6-10,12-14,17-18,20-22H2,(H,40,47)(H,41,48)(H,42,45)(H2,49,50,51)/t24-,26-,27+,30+,35+/m1/s1. The van der Waals surface area contributed by atoms with E-state index in [9.17, 15) is 46.7 Å². The number of rotatable bonds is 6. The number of halogens is 3. The van der Waals surface area contributed by atoms with Gasteiger partial charge in [-0.25, -0.2) is 9.59 Å². The number of fused-ring (bicyclic) bond motifs is 2. The summed E-state index contributed by atoms with van der Waals surface area (Å²) in [4.78, 5) is 78.2. The maximum Gasteiger partial charge on any atom is 0.416 e. The molecule has 4 amide bonds. The van der Waals surface area contributed by atoms with E-state index in [0.717, 1.165) is 49.1 Å². The predicted octanol–water partition coefficient (Wildman–Crippen LogP) is 5.78. The molecule has 1 aromatic rings. The molecule has 0 radical (unpaired) electrons. The van der Waals surface area contributed by atoms with Crippen molar-refractivity contribution in [3.63, 3.8) is 0 Å². The Morgan fingerprint density at radius 1 is 0.926 bits per heavy atom. The van der Waals surface area contributed by atoms with Gasteiger partial charge in [0.2, 0.25) is 11.8 Å². The zero-order valence-electron chi connectivity index (χ0n) is 30.0. The minimum atomic E-state index is -4.90. The third-order valence-corrected chi connectivity index (χ3v) is 12.8. The van der Waals surface area contributed by atoms with E-state index in [4.69, 9.17) is 9.47 Å². The maximum atomic E-state index is 14.3. The summed E-state index contributed by atoms with van der Waals surface area (Å²) in [6.07, 6.45) is 3.86. The molecule has 0 bridgehead atoms. The smallest absolute Gasteiger partial charge is 0.416 e. The fourth-order valence-corrected chi connectivity index (χ4v) is 9.29. The Bertz CT molecular complexity index is 1650. The first-order valence-corrected chi connectivity index (χ1v) is 20.5. The first kappa shape index (κ1) is 39.9. The lowest BCUT2D eigenvalue weighted by atomic mass is 10.0. The van der Waals surface area contributed by atoms with Crippen LogP contribution in [0.2, 0.25) is 0 Å². The average Bonchev–Trinajstić information content (AvgIpc) is 3.38. The second kappa shape index (κ2) is 16.5. The number of amides is 4. The minimum absolute atomic E-state index is 0.0178. The van der Waals surface area contributed by atoms with E-state index in [1.54, 1.807) is 6.08 Å². The van der Waals surface area contributed by atoms with Crippen LogP contribution in [0.4, 0.5) is 34.1 Å². The second-order valence-electron chi connectivity index (χ2n) is 15.0. The highest BCUT2D eigenvalue weighted by Crippen LogP contribution is 2.67. The zero-order valence-corrected chi connectivity index (χ0v) is 30.9. The Hall–Kier alpha value is -3.82. The molecule has 14 nitrogen and oxygen atoms in total. The van der Waals surface area contributed by atoms with Crippen LogP contribution < -0.4 is 20.9 Å². The molecule has 3 heterocycles. The number of carbonyl (C=O) groups excluding carboxylic acids is 4. The lowest BCUT2D eigenvalue weighted by molar-refractivity contribution is -0.140. The van der Waals surface area contributed by atoms with Gasteiger partial charge >= 0.3 is 26.0 Å². The van der Waals surface area contributed by atoms with Gasteiger partial charge < -0.3 is 39.7 Å². The molecule has 5 atom stereocenters. The Morgan fingerprint density at radius 3 is 2.31 bits per heavy atom. The summed E-state index contributed by atoms with van der Waals surface area (Å²) in [5.74, 6) is -2.18. The Kier molecular flexibility index (Phi) is 12.2. The number of alkyl carbamates (subject to hydrolysis) is 1. The van der Waals surface area contributed by atoms with Crippen molar-refractivity contribution >= 4 is 43.0 Å². The van der Waals surface area contributed by atoms with Crippen molar-refractivity contribution in [2.45, 2.75) is 126 Å². The monoisotopic (exact) mass is 783 g/mol. The van der Waals surface area contributed by atoms with Crippen LogP contribution in [0.25, 0.3) is 0 Å². The molecule has 1 aromatic carbocycles. The van der Waals surface area contributed by atoms with Crippen LogP contribution in [-0.2, 0) is 29.8 Å². The van der Waals surface area contributed by atoms with Crippen LogP contribution in [0, 0.1) is 5.92 Å². The SMILES string of the molecule is O=C(N[C@H]1CCCCCC=C[C@@H]2C[C@@]2(P(=O)(O)O)NC(=O)[C@@H]2C[C@@H](OC(=O)Nc3cc(C(F)(F)F)ccc3N3CCCCC3)CN2C1=O)OC1CCCC1. The number of carbonyl (C=O) groups is 4. The first-order valence-electron chi connectivity index (χ1n) is 18.9. The number of nitrogens with one attached hydrogen (secondary N) is 3. The maximum absolute atomic E-state index is 14.3. The Morgan fingerprint density at radius 2 is 1.61 bits per heavy atom. The molecule has 6 rings (SSSR count). The fourth-order valence-electron chi connectivity index (χ4n) is 8.08. The van der Waals surface area contributed by atoms with Gasteiger partial charge in [0.25, 0.3) is 0 Å². The van der Waals surface area contributed by atoms with Gasteiger partial charge in [-0.15, -0.1) is 0 Å². The van der Waals surface area contributed by atoms with Crippen LogP contribution >= 0.6 is 7.60 Å². The molecule has 0 aromatic heterocycles. The number of hydrogen-bond donors (Lipinski definition) is 5. The number of ether oxygens (including phenoxy) is 2. The molecule has 3 aliphatic heterocycles. The Balaban J connectivity index is 1.24. The highest BCUT2D eigenvalue weighted by Gasteiger charge is 2.66. The van der Waals surface area contributed by atoms with Gasteiger partial charge in [-0.2, -0.15) is 13.2 Å². The van der Waals surface area contributed by atoms with E-state index >= 15 is 0 Å². The van der Waals surface area contributed by atoms with Crippen molar-refractivity contribution < 1.29 is 56.2 Å². The molecular formula is C36H49F3N5O9P. The highest BCUT2D eigenvalue weighted by molar-refractivity contribution is 7.54. The number of benzene rings is 1. The fraction of sp³-hybridized carbons (Fsp3) is 0.667. The van der Waals surface area contributed by atoms with Gasteiger partial charge in [0, 0.05) is 25.4 Å². The molecule has 0 unspecified atom stereocenters. The largest absolute Gasteiger partial charge is 0.446 e. The van der Waals surface area contributed by atoms with Crippen molar-refractivity contribution in [2.75, 3.05) is 29.9 Å². The lowest BCUT2D eigenvalue weighted by Gasteiger charge is -2.31. The van der Waals surface area contributed by atoms with E-state index in [0.29, 0.717) is 57.3 Å². The van der Waals surface area contributed by atoms with Crippen molar-refractivity contribution in [1.82, 2.24) is 15.5 Å². The molecular weight excluding hydrogens is 734 g/mol. The van der Waals surface area contributed by atoms with Crippen LogP contribution in [0.1, 0.15) is 95.5 Å². The third kappa shape index (κ3) is 9.34. The first-order chi connectivity index (χ1) is 25.6. The zero-order chi connectivity index (χ0) is 38.7. The summed E-state index contributed by atoms with van der Waals surface area (Å²) < 4.78 is 65.1. The van der Waals surface area contributed by atoms with Crippen molar-refractivity contribution in [3.05, 3.63) is 35.9 Å². The molecule has 54 heavy (non-hydrogen) atoms. The molecule has 0 spiro atoms. The number of alkyl halides is 3.